The van der Waals surface area contributed by atoms with E-state index in [2.05, 4.69) is 6.58 Å². The van der Waals surface area contributed by atoms with Crippen molar-refractivity contribution in [1.29, 1.82) is 0 Å². The van der Waals surface area contributed by atoms with Crippen LogP contribution in [0.1, 0.15) is 10.4 Å². The summed E-state index contributed by atoms with van der Waals surface area (Å²) in [6.45, 7) is 3.54. The van der Waals surface area contributed by atoms with E-state index in [4.69, 9.17) is 5.11 Å². The van der Waals surface area contributed by atoms with Crippen molar-refractivity contribution in [3.8, 4) is 0 Å². The number of benzene rings is 1. The van der Waals surface area contributed by atoms with Gasteiger partial charge < -0.3 is 10.0 Å². The van der Waals surface area contributed by atoms with E-state index in [1.165, 1.54) is 11.0 Å². The Kier molecular flexibility index (Phi) is 4.78. The summed E-state index contributed by atoms with van der Waals surface area (Å²) in [5.41, 5.74) is -0.0854. The van der Waals surface area contributed by atoms with E-state index in [-0.39, 0.29) is 25.3 Å². The number of rotatable bonds is 5. The molecule has 1 N–H and O–H groups in total. The number of hydrogen-bond acceptors (Lipinski definition) is 2. The molecule has 0 bridgehead atoms. The van der Waals surface area contributed by atoms with Gasteiger partial charge in [0.1, 0.15) is 11.6 Å². The topological polar surface area (TPSA) is 40.5 Å². The number of aliphatic hydroxyl groups excluding tert-OH is 1. The van der Waals surface area contributed by atoms with Crippen LogP contribution >= 0.6 is 0 Å². The summed E-state index contributed by atoms with van der Waals surface area (Å²) in [6, 6.07) is 2.61. The first-order chi connectivity index (χ1) is 8.08. The van der Waals surface area contributed by atoms with Gasteiger partial charge in [0.2, 0.25) is 0 Å². The maximum atomic E-state index is 12.9. The van der Waals surface area contributed by atoms with Gasteiger partial charge in [0.25, 0.3) is 5.91 Å². The molecule has 0 spiro atoms. The fraction of sp³-hybridized carbons (Fsp3) is 0.250. The molecule has 1 rings (SSSR count). The first kappa shape index (κ1) is 13.3. The molecule has 0 unspecified atom stereocenters. The molecule has 1 aromatic rings. The molecule has 0 aliphatic rings. The Morgan fingerprint density at radius 2 is 1.94 bits per heavy atom. The third-order valence-electron chi connectivity index (χ3n) is 2.12. The maximum Gasteiger partial charge on any atom is 0.254 e. The Hall–Kier alpha value is -1.75. The molecule has 1 amide bonds. The molecular formula is C12H13F2NO2. The molecule has 3 nitrogen and oxygen atoms in total. The summed E-state index contributed by atoms with van der Waals surface area (Å²) in [4.78, 5) is 13.1. The molecule has 0 saturated carbocycles. The lowest BCUT2D eigenvalue weighted by Crippen LogP contribution is -2.33. The molecule has 0 fully saturated rings. The van der Waals surface area contributed by atoms with Crippen molar-refractivity contribution in [2.75, 3.05) is 19.7 Å². The molecule has 17 heavy (non-hydrogen) atoms. The summed E-state index contributed by atoms with van der Waals surface area (Å²) >= 11 is 0. The van der Waals surface area contributed by atoms with Crippen molar-refractivity contribution in [3.63, 3.8) is 0 Å². The van der Waals surface area contributed by atoms with Crippen LogP contribution < -0.4 is 0 Å². The molecule has 92 valence electrons. The summed E-state index contributed by atoms with van der Waals surface area (Å²) in [5, 5.41) is 8.79. The minimum Gasteiger partial charge on any atom is -0.395 e. The molecule has 0 aliphatic heterocycles. The van der Waals surface area contributed by atoms with Crippen LogP contribution in [0.5, 0.6) is 0 Å². The number of amides is 1. The van der Waals surface area contributed by atoms with Crippen molar-refractivity contribution in [1.82, 2.24) is 4.90 Å². The Morgan fingerprint density at radius 3 is 2.41 bits per heavy atom. The van der Waals surface area contributed by atoms with Crippen LogP contribution in [0, 0.1) is 11.6 Å². The van der Waals surface area contributed by atoms with Crippen molar-refractivity contribution >= 4 is 5.91 Å². The summed E-state index contributed by atoms with van der Waals surface area (Å²) in [7, 11) is 0. The molecule has 1 aromatic carbocycles. The molecule has 0 aromatic heterocycles. The van der Waals surface area contributed by atoms with Crippen LogP contribution in [0.3, 0.4) is 0 Å². The van der Waals surface area contributed by atoms with Crippen LogP contribution in [0.4, 0.5) is 8.78 Å². The quantitative estimate of drug-likeness (QED) is 0.795. The van der Waals surface area contributed by atoms with E-state index in [0.717, 1.165) is 12.1 Å². The van der Waals surface area contributed by atoms with E-state index in [1.807, 2.05) is 0 Å². The van der Waals surface area contributed by atoms with Crippen LogP contribution in [0.15, 0.2) is 30.9 Å². The zero-order valence-corrected chi connectivity index (χ0v) is 9.20. The highest BCUT2D eigenvalue weighted by Gasteiger charge is 2.15. The van der Waals surface area contributed by atoms with E-state index < -0.39 is 17.5 Å². The molecule has 0 atom stereocenters. The summed E-state index contributed by atoms with van der Waals surface area (Å²) < 4.78 is 25.9. The van der Waals surface area contributed by atoms with Gasteiger partial charge in [0.15, 0.2) is 0 Å². The first-order valence-electron chi connectivity index (χ1n) is 5.05. The highest BCUT2D eigenvalue weighted by atomic mass is 19.1. The third kappa shape index (κ3) is 3.64. The number of hydrogen-bond donors (Lipinski definition) is 1. The SMILES string of the molecule is C=CCN(CCO)C(=O)c1cc(F)cc(F)c1. The Balaban J connectivity index is 2.95. The lowest BCUT2D eigenvalue weighted by atomic mass is 10.2. The maximum absolute atomic E-state index is 12.9. The number of carbonyl (C=O) groups is 1. The molecule has 0 radical (unpaired) electrons. The Morgan fingerprint density at radius 1 is 1.35 bits per heavy atom. The number of halogens is 2. The lowest BCUT2D eigenvalue weighted by Gasteiger charge is -2.19. The Labute approximate surface area is 98.0 Å². The van der Waals surface area contributed by atoms with E-state index >= 15 is 0 Å². The van der Waals surface area contributed by atoms with Gasteiger partial charge in [-0.1, -0.05) is 6.08 Å². The number of aliphatic hydroxyl groups is 1. The second-order valence-corrected chi connectivity index (χ2v) is 3.42. The van der Waals surface area contributed by atoms with Gasteiger partial charge >= 0.3 is 0 Å². The van der Waals surface area contributed by atoms with Gasteiger partial charge in [0, 0.05) is 24.7 Å². The molecule has 0 saturated heterocycles. The second-order valence-electron chi connectivity index (χ2n) is 3.42. The second kappa shape index (κ2) is 6.10. The number of nitrogens with zero attached hydrogens (tertiary/aromatic N) is 1. The average Bonchev–Trinajstić information content (AvgIpc) is 2.26. The molecule has 0 aliphatic carbocycles. The standard InChI is InChI=1S/C12H13F2NO2/c1-2-3-15(4-5-16)12(17)9-6-10(13)8-11(14)7-9/h2,6-8,16H,1,3-5H2. The molecular weight excluding hydrogens is 228 g/mol. The average molecular weight is 241 g/mol. The van der Waals surface area contributed by atoms with Gasteiger partial charge in [0.05, 0.1) is 6.61 Å². The van der Waals surface area contributed by atoms with Crippen molar-refractivity contribution in [3.05, 3.63) is 48.1 Å². The Bertz CT molecular complexity index is 401. The monoisotopic (exact) mass is 241 g/mol. The van der Waals surface area contributed by atoms with Gasteiger partial charge in [-0.25, -0.2) is 8.78 Å². The fourth-order valence-electron chi connectivity index (χ4n) is 1.41. The highest BCUT2D eigenvalue weighted by Crippen LogP contribution is 2.10. The zero-order valence-electron chi connectivity index (χ0n) is 9.20. The van der Waals surface area contributed by atoms with Crippen molar-refractivity contribution in [2.24, 2.45) is 0 Å². The van der Waals surface area contributed by atoms with Crippen LogP contribution in [-0.2, 0) is 0 Å². The fourth-order valence-corrected chi connectivity index (χ4v) is 1.41. The minimum atomic E-state index is -0.809. The van der Waals surface area contributed by atoms with Gasteiger partial charge in [-0.05, 0) is 12.1 Å². The van der Waals surface area contributed by atoms with Gasteiger partial charge in [-0.2, -0.15) is 0 Å². The van der Waals surface area contributed by atoms with Crippen molar-refractivity contribution in [2.45, 2.75) is 0 Å². The summed E-state index contributed by atoms with van der Waals surface area (Å²) in [5.74, 6) is -2.16. The summed E-state index contributed by atoms with van der Waals surface area (Å²) in [6.07, 6.45) is 1.48. The number of carbonyl (C=O) groups excluding carboxylic acids is 1. The van der Waals surface area contributed by atoms with Crippen LogP contribution in [0.2, 0.25) is 0 Å². The van der Waals surface area contributed by atoms with E-state index in [0.29, 0.717) is 6.07 Å². The van der Waals surface area contributed by atoms with Gasteiger partial charge in [-0.3, -0.25) is 4.79 Å². The van der Waals surface area contributed by atoms with E-state index in [9.17, 15) is 13.6 Å². The normalized spacial score (nSPS) is 10.1. The minimum absolute atomic E-state index is 0.0854. The highest BCUT2D eigenvalue weighted by molar-refractivity contribution is 5.94. The zero-order chi connectivity index (χ0) is 12.8. The lowest BCUT2D eigenvalue weighted by molar-refractivity contribution is 0.0742. The largest absolute Gasteiger partial charge is 0.395 e. The van der Waals surface area contributed by atoms with Crippen LogP contribution in [0.25, 0.3) is 0 Å². The predicted octanol–water partition coefficient (Wildman–Crippen LogP) is 1.59. The van der Waals surface area contributed by atoms with E-state index in [1.54, 1.807) is 0 Å². The molecule has 5 heteroatoms. The third-order valence-corrected chi connectivity index (χ3v) is 2.12. The van der Waals surface area contributed by atoms with Gasteiger partial charge in [-0.15, -0.1) is 6.58 Å². The van der Waals surface area contributed by atoms with Crippen LogP contribution in [-0.4, -0.2) is 35.6 Å². The first-order valence-corrected chi connectivity index (χ1v) is 5.05. The van der Waals surface area contributed by atoms with Crippen molar-refractivity contribution < 1.29 is 18.7 Å². The predicted molar refractivity (Wildman–Crippen MR) is 59.5 cm³/mol. The smallest absolute Gasteiger partial charge is 0.254 e. The molecule has 0 heterocycles.